The van der Waals surface area contributed by atoms with Crippen molar-refractivity contribution in [2.75, 3.05) is 18.1 Å². The first-order valence-electron chi connectivity index (χ1n) is 9.95. The SMILES string of the molecule is Cc1cccc(C(=O)N(CC2CCCO2)C2CC(=O)N(c3ccccc3)C2=O)c1. The Labute approximate surface area is 170 Å². The van der Waals surface area contributed by atoms with E-state index in [1.165, 1.54) is 9.80 Å². The highest BCUT2D eigenvalue weighted by Crippen LogP contribution is 2.28. The van der Waals surface area contributed by atoms with E-state index in [1.807, 2.05) is 25.1 Å². The highest BCUT2D eigenvalue weighted by molar-refractivity contribution is 6.23. The number of imide groups is 1. The van der Waals surface area contributed by atoms with E-state index in [0.29, 0.717) is 24.4 Å². The van der Waals surface area contributed by atoms with E-state index in [0.717, 1.165) is 18.4 Å². The van der Waals surface area contributed by atoms with Crippen molar-refractivity contribution in [3.05, 3.63) is 65.7 Å². The van der Waals surface area contributed by atoms with Crippen LogP contribution < -0.4 is 4.90 Å². The third-order valence-electron chi connectivity index (χ3n) is 5.46. The van der Waals surface area contributed by atoms with Crippen LogP contribution in [0.3, 0.4) is 0 Å². The highest BCUT2D eigenvalue weighted by atomic mass is 16.5. The van der Waals surface area contributed by atoms with Crippen molar-refractivity contribution in [3.8, 4) is 0 Å². The number of aryl methyl sites for hydroxylation is 1. The monoisotopic (exact) mass is 392 g/mol. The van der Waals surface area contributed by atoms with Crippen LogP contribution in [0.2, 0.25) is 0 Å². The van der Waals surface area contributed by atoms with Gasteiger partial charge in [-0.1, -0.05) is 35.9 Å². The van der Waals surface area contributed by atoms with Gasteiger partial charge in [-0.15, -0.1) is 0 Å². The molecule has 2 aromatic rings. The van der Waals surface area contributed by atoms with Crippen molar-refractivity contribution in [3.63, 3.8) is 0 Å². The summed E-state index contributed by atoms with van der Waals surface area (Å²) in [6.45, 7) is 2.88. The molecule has 6 nitrogen and oxygen atoms in total. The maximum atomic E-state index is 13.4. The first-order valence-corrected chi connectivity index (χ1v) is 9.95. The van der Waals surface area contributed by atoms with Crippen LogP contribution >= 0.6 is 0 Å². The number of rotatable bonds is 5. The Balaban J connectivity index is 1.64. The van der Waals surface area contributed by atoms with Crippen LogP contribution in [0.4, 0.5) is 5.69 Å². The molecule has 0 spiro atoms. The normalized spacial score (nSPS) is 21.6. The van der Waals surface area contributed by atoms with Gasteiger partial charge in [0.25, 0.3) is 11.8 Å². The van der Waals surface area contributed by atoms with E-state index in [2.05, 4.69) is 0 Å². The number of nitrogens with zero attached hydrogens (tertiary/aromatic N) is 2. The molecule has 0 saturated carbocycles. The summed E-state index contributed by atoms with van der Waals surface area (Å²) in [5.41, 5.74) is 2.01. The molecule has 2 aliphatic rings. The molecule has 2 atom stereocenters. The Morgan fingerprint density at radius 1 is 1.14 bits per heavy atom. The molecule has 0 bridgehead atoms. The molecule has 2 fully saturated rings. The maximum absolute atomic E-state index is 13.4. The van der Waals surface area contributed by atoms with Crippen molar-refractivity contribution in [1.29, 1.82) is 0 Å². The van der Waals surface area contributed by atoms with Gasteiger partial charge >= 0.3 is 0 Å². The molecule has 0 aliphatic carbocycles. The first-order chi connectivity index (χ1) is 14.0. The predicted molar refractivity (Wildman–Crippen MR) is 109 cm³/mol. The number of hydrogen-bond acceptors (Lipinski definition) is 4. The van der Waals surface area contributed by atoms with Crippen LogP contribution in [0.1, 0.15) is 35.2 Å². The number of anilines is 1. The zero-order chi connectivity index (χ0) is 20.4. The molecule has 2 heterocycles. The molecule has 0 aromatic heterocycles. The van der Waals surface area contributed by atoms with Gasteiger partial charge in [-0.3, -0.25) is 14.4 Å². The number of hydrogen-bond donors (Lipinski definition) is 0. The Hall–Kier alpha value is -2.99. The van der Waals surface area contributed by atoms with E-state index in [9.17, 15) is 14.4 Å². The lowest BCUT2D eigenvalue weighted by Crippen LogP contribution is -2.48. The molecule has 2 aliphatic heterocycles. The Morgan fingerprint density at radius 2 is 1.93 bits per heavy atom. The lowest BCUT2D eigenvalue weighted by molar-refractivity contribution is -0.122. The van der Waals surface area contributed by atoms with E-state index in [4.69, 9.17) is 4.74 Å². The summed E-state index contributed by atoms with van der Waals surface area (Å²) in [7, 11) is 0. The van der Waals surface area contributed by atoms with Crippen molar-refractivity contribution in [2.45, 2.75) is 38.3 Å². The molecule has 2 saturated heterocycles. The van der Waals surface area contributed by atoms with Gasteiger partial charge in [0.2, 0.25) is 5.91 Å². The van der Waals surface area contributed by atoms with Crippen LogP contribution in [0.5, 0.6) is 0 Å². The number of ether oxygens (including phenoxy) is 1. The van der Waals surface area contributed by atoms with E-state index in [1.54, 1.807) is 36.4 Å². The van der Waals surface area contributed by atoms with Crippen LogP contribution in [-0.4, -0.2) is 47.9 Å². The Kier molecular flexibility index (Phi) is 5.45. The third kappa shape index (κ3) is 3.93. The van der Waals surface area contributed by atoms with Gasteiger partial charge in [0.05, 0.1) is 18.2 Å². The highest BCUT2D eigenvalue weighted by Gasteiger charge is 2.45. The summed E-state index contributed by atoms with van der Waals surface area (Å²) in [6, 6.07) is 15.3. The summed E-state index contributed by atoms with van der Waals surface area (Å²) in [5.74, 6) is -0.897. The molecule has 0 N–H and O–H groups in total. The first kappa shape index (κ1) is 19.3. The molecular weight excluding hydrogens is 368 g/mol. The summed E-state index contributed by atoms with van der Waals surface area (Å²) in [4.78, 5) is 42.0. The number of para-hydroxylation sites is 1. The van der Waals surface area contributed by atoms with Crippen molar-refractivity contribution in [1.82, 2.24) is 4.90 Å². The van der Waals surface area contributed by atoms with E-state index >= 15 is 0 Å². The second-order valence-corrected chi connectivity index (χ2v) is 7.58. The molecule has 6 heteroatoms. The molecule has 150 valence electrons. The summed E-state index contributed by atoms with van der Waals surface area (Å²) in [5, 5.41) is 0. The summed E-state index contributed by atoms with van der Waals surface area (Å²) in [6.07, 6.45) is 1.65. The van der Waals surface area contributed by atoms with Gasteiger partial charge in [-0.25, -0.2) is 4.90 Å². The molecular formula is C23H24N2O4. The van der Waals surface area contributed by atoms with Gasteiger partial charge in [0, 0.05) is 18.7 Å². The Bertz CT molecular complexity index is 921. The van der Waals surface area contributed by atoms with Gasteiger partial charge in [-0.05, 0) is 44.0 Å². The summed E-state index contributed by atoms with van der Waals surface area (Å²) < 4.78 is 5.72. The molecule has 3 amide bonds. The van der Waals surface area contributed by atoms with Crippen LogP contribution in [0, 0.1) is 6.92 Å². The average molecular weight is 392 g/mol. The minimum atomic E-state index is -0.820. The minimum Gasteiger partial charge on any atom is -0.376 e. The van der Waals surface area contributed by atoms with E-state index < -0.39 is 6.04 Å². The average Bonchev–Trinajstić information content (AvgIpc) is 3.34. The quantitative estimate of drug-likeness (QED) is 0.734. The topological polar surface area (TPSA) is 66.9 Å². The molecule has 0 radical (unpaired) electrons. The fourth-order valence-electron chi connectivity index (χ4n) is 4.01. The molecule has 2 aromatic carbocycles. The number of carbonyl (C=O) groups is 3. The van der Waals surface area contributed by atoms with Crippen molar-refractivity contribution < 1.29 is 19.1 Å². The predicted octanol–water partition coefficient (Wildman–Crippen LogP) is 2.95. The van der Waals surface area contributed by atoms with Gasteiger partial charge in [0.15, 0.2) is 0 Å². The fourth-order valence-corrected chi connectivity index (χ4v) is 4.01. The van der Waals surface area contributed by atoms with Crippen LogP contribution in [0.15, 0.2) is 54.6 Å². The summed E-state index contributed by atoms with van der Waals surface area (Å²) >= 11 is 0. The van der Waals surface area contributed by atoms with Crippen LogP contribution in [-0.2, 0) is 14.3 Å². The zero-order valence-corrected chi connectivity index (χ0v) is 16.4. The molecule has 29 heavy (non-hydrogen) atoms. The van der Waals surface area contributed by atoms with Crippen molar-refractivity contribution >= 4 is 23.4 Å². The lowest BCUT2D eigenvalue weighted by Gasteiger charge is -2.30. The van der Waals surface area contributed by atoms with Gasteiger partial charge in [0.1, 0.15) is 6.04 Å². The van der Waals surface area contributed by atoms with E-state index in [-0.39, 0.29) is 30.2 Å². The fraction of sp³-hybridized carbons (Fsp3) is 0.348. The maximum Gasteiger partial charge on any atom is 0.257 e. The number of amides is 3. The second kappa shape index (κ2) is 8.17. The standard InChI is InChI=1S/C23H24N2O4/c1-16-7-5-8-17(13-16)22(27)24(15-19-11-6-12-29-19)20-14-21(26)25(23(20)28)18-9-3-2-4-10-18/h2-5,7-10,13,19-20H,6,11-12,14-15H2,1H3. The van der Waals surface area contributed by atoms with Gasteiger partial charge in [-0.2, -0.15) is 0 Å². The number of carbonyl (C=O) groups excluding carboxylic acids is 3. The smallest absolute Gasteiger partial charge is 0.257 e. The van der Waals surface area contributed by atoms with Gasteiger partial charge < -0.3 is 9.64 Å². The number of benzene rings is 2. The minimum absolute atomic E-state index is 0.0159. The third-order valence-corrected chi connectivity index (χ3v) is 5.46. The largest absolute Gasteiger partial charge is 0.376 e. The van der Waals surface area contributed by atoms with Crippen molar-refractivity contribution in [2.24, 2.45) is 0 Å². The van der Waals surface area contributed by atoms with Crippen LogP contribution in [0.25, 0.3) is 0 Å². The second-order valence-electron chi connectivity index (χ2n) is 7.58. The Morgan fingerprint density at radius 3 is 2.62 bits per heavy atom. The molecule has 2 unspecified atom stereocenters. The molecule has 4 rings (SSSR count). The lowest BCUT2D eigenvalue weighted by atomic mass is 10.1. The zero-order valence-electron chi connectivity index (χ0n) is 16.4.